The fourth-order valence-electron chi connectivity index (χ4n) is 8.34. The van der Waals surface area contributed by atoms with Crippen molar-refractivity contribution in [3.63, 3.8) is 0 Å². The van der Waals surface area contributed by atoms with E-state index < -0.39 is 6.10 Å². The second-order valence-electron chi connectivity index (χ2n) is 19.3. The molecule has 66 heavy (non-hydrogen) atoms. The van der Waals surface area contributed by atoms with Gasteiger partial charge in [0.2, 0.25) is 0 Å². The van der Waals surface area contributed by atoms with Gasteiger partial charge in [-0.1, -0.05) is 281 Å². The van der Waals surface area contributed by atoms with Crippen molar-refractivity contribution in [2.75, 3.05) is 13.2 Å². The van der Waals surface area contributed by atoms with E-state index in [9.17, 15) is 14.4 Å². The van der Waals surface area contributed by atoms with Crippen LogP contribution in [0.3, 0.4) is 0 Å². The number of hydrogen-bond acceptors (Lipinski definition) is 6. The van der Waals surface area contributed by atoms with Crippen LogP contribution < -0.4 is 0 Å². The Morgan fingerprint density at radius 1 is 0.303 bits per heavy atom. The van der Waals surface area contributed by atoms with E-state index in [0.29, 0.717) is 19.3 Å². The molecule has 0 heterocycles. The third-order valence-electron chi connectivity index (χ3n) is 12.7. The van der Waals surface area contributed by atoms with Crippen molar-refractivity contribution >= 4 is 17.9 Å². The van der Waals surface area contributed by atoms with Crippen molar-refractivity contribution in [1.29, 1.82) is 0 Å². The van der Waals surface area contributed by atoms with Crippen molar-refractivity contribution in [2.45, 2.75) is 303 Å². The summed E-state index contributed by atoms with van der Waals surface area (Å²) in [4.78, 5) is 38.1. The Morgan fingerprint density at radius 2 is 0.545 bits per heavy atom. The monoisotopic (exact) mass is 925 g/mol. The van der Waals surface area contributed by atoms with Crippen LogP contribution in [0.2, 0.25) is 0 Å². The molecule has 1 atom stereocenters. The van der Waals surface area contributed by atoms with Crippen molar-refractivity contribution in [2.24, 2.45) is 0 Å². The van der Waals surface area contributed by atoms with Crippen LogP contribution in [0.25, 0.3) is 0 Å². The first-order valence-electron chi connectivity index (χ1n) is 28.7. The summed E-state index contributed by atoms with van der Waals surface area (Å²) in [7, 11) is 0. The first-order chi connectivity index (χ1) is 32.5. The molecule has 0 rings (SSSR count). The Hall–Kier alpha value is -2.63. The number of esters is 3. The molecule has 6 nitrogen and oxygen atoms in total. The minimum atomic E-state index is -0.779. The maximum absolute atomic E-state index is 12.8. The fourth-order valence-corrected chi connectivity index (χ4v) is 8.34. The fraction of sp³-hybridized carbons (Fsp3) is 0.817. The number of rotatable bonds is 52. The van der Waals surface area contributed by atoms with Crippen LogP contribution in [0.5, 0.6) is 0 Å². The van der Waals surface area contributed by atoms with E-state index in [1.165, 1.54) is 173 Å². The number of unbranched alkanes of at least 4 members (excludes halogenated alkanes) is 36. The van der Waals surface area contributed by atoms with E-state index in [1.807, 2.05) is 0 Å². The standard InChI is InChI=1S/C60H108O6/c1-4-7-10-13-16-19-22-25-28-30-31-33-35-38-41-44-47-50-53-59(62)65-56-57(55-64-58(61)52-49-46-43-40-37-34-27-24-21-18-15-12-9-6-3)66-60(63)54-51-48-45-42-39-36-32-29-26-23-20-17-14-11-8-5-2/h16,19,22,25,28,30-31,33,57H,4-15,17-18,20-21,23-24,26-27,29,32,34-56H2,1-3H3/b19-16-,25-22-,30-28-,33-31-. The number of allylic oxidation sites excluding steroid dienone is 8. The Kier molecular flexibility index (Phi) is 52.8. The molecule has 0 radical (unpaired) electrons. The largest absolute Gasteiger partial charge is 0.462 e. The van der Waals surface area contributed by atoms with Gasteiger partial charge in [0.05, 0.1) is 0 Å². The zero-order valence-corrected chi connectivity index (χ0v) is 44.0. The quantitative estimate of drug-likeness (QED) is 0.0262. The molecule has 0 N–H and O–H groups in total. The molecule has 0 aromatic rings. The second kappa shape index (κ2) is 55.0. The second-order valence-corrected chi connectivity index (χ2v) is 19.3. The Morgan fingerprint density at radius 3 is 0.879 bits per heavy atom. The summed E-state index contributed by atoms with van der Waals surface area (Å²) in [6.07, 6.45) is 66.6. The number of carbonyl (C=O) groups is 3. The first-order valence-corrected chi connectivity index (χ1v) is 28.7. The normalized spacial score (nSPS) is 12.3. The van der Waals surface area contributed by atoms with Crippen LogP contribution in [0.4, 0.5) is 0 Å². The maximum Gasteiger partial charge on any atom is 0.306 e. The lowest BCUT2D eigenvalue weighted by molar-refractivity contribution is -0.167. The highest BCUT2D eigenvalue weighted by atomic mass is 16.6. The summed E-state index contributed by atoms with van der Waals surface area (Å²) in [6, 6.07) is 0. The minimum absolute atomic E-state index is 0.0765. The summed E-state index contributed by atoms with van der Waals surface area (Å²) in [5.74, 6) is -0.883. The zero-order valence-electron chi connectivity index (χ0n) is 44.0. The van der Waals surface area contributed by atoms with Crippen LogP contribution >= 0.6 is 0 Å². The molecular formula is C60H108O6. The lowest BCUT2D eigenvalue weighted by Crippen LogP contribution is -2.30. The molecule has 0 spiro atoms. The molecule has 0 saturated heterocycles. The first kappa shape index (κ1) is 63.4. The third kappa shape index (κ3) is 52.3. The Bertz CT molecular complexity index is 1150. The predicted molar refractivity (Wildman–Crippen MR) is 284 cm³/mol. The van der Waals surface area contributed by atoms with E-state index in [-0.39, 0.29) is 31.1 Å². The molecule has 0 fully saturated rings. The highest BCUT2D eigenvalue weighted by Gasteiger charge is 2.19. The van der Waals surface area contributed by atoms with Gasteiger partial charge in [-0.3, -0.25) is 14.4 Å². The Balaban J connectivity index is 4.39. The van der Waals surface area contributed by atoms with Gasteiger partial charge < -0.3 is 14.2 Å². The molecule has 384 valence electrons. The van der Waals surface area contributed by atoms with Crippen molar-refractivity contribution < 1.29 is 28.6 Å². The van der Waals surface area contributed by atoms with Crippen LogP contribution in [0.1, 0.15) is 297 Å². The molecule has 0 aliphatic carbocycles. The van der Waals surface area contributed by atoms with Gasteiger partial charge in [0.15, 0.2) is 6.10 Å². The summed E-state index contributed by atoms with van der Waals surface area (Å²) >= 11 is 0. The third-order valence-corrected chi connectivity index (χ3v) is 12.7. The van der Waals surface area contributed by atoms with Crippen LogP contribution in [-0.2, 0) is 28.6 Å². The molecular weight excluding hydrogens is 817 g/mol. The van der Waals surface area contributed by atoms with E-state index in [4.69, 9.17) is 14.2 Å². The van der Waals surface area contributed by atoms with Gasteiger partial charge in [0.25, 0.3) is 0 Å². The van der Waals surface area contributed by atoms with Crippen LogP contribution in [0.15, 0.2) is 48.6 Å². The highest BCUT2D eigenvalue weighted by Crippen LogP contribution is 2.17. The average Bonchev–Trinajstić information content (AvgIpc) is 3.31. The van der Waals surface area contributed by atoms with E-state index in [1.54, 1.807) is 0 Å². The average molecular weight is 926 g/mol. The molecule has 0 aromatic carbocycles. The predicted octanol–water partition coefficient (Wildman–Crippen LogP) is 19.0. The zero-order chi connectivity index (χ0) is 47.9. The van der Waals surface area contributed by atoms with Crippen molar-refractivity contribution in [1.82, 2.24) is 0 Å². The molecule has 0 aliphatic heterocycles. The number of ether oxygens (including phenoxy) is 3. The molecule has 0 amide bonds. The van der Waals surface area contributed by atoms with Gasteiger partial charge in [-0.2, -0.15) is 0 Å². The summed E-state index contributed by atoms with van der Waals surface area (Å²) in [5, 5.41) is 0. The molecule has 1 unspecified atom stereocenters. The summed E-state index contributed by atoms with van der Waals surface area (Å²) in [6.45, 7) is 6.62. The lowest BCUT2D eigenvalue weighted by Gasteiger charge is -2.18. The molecule has 0 aliphatic rings. The van der Waals surface area contributed by atoms with Gasteiger partial charge in [-0.05, 0) is 44.9 Å². The van der Waals surface area contributed by atoms with Crippen LogP contribution in [-0.4, -0.2) is 37.2 Å². The minimum Gasteiger partial charge on any atom is -0.462 e. The lowest BCUT2D eigenvalue weighted by atomic mass is 10.0. The van der Waals surface area contributed by atoms with Crippen molar-refractivity contribution in [3.05, 3.63) is 48.6 Å². The number of hydrogen-bond donors (Lipinski definition) is 0. The SMILES string of the molecule is CCCCC\C=C/C=C\C=C/C=C\CCCCCCCC(=O)OCC(COC(=O)CCCCCCCCCCCCCCCC)OC(=O)CCCCCCCCCCCCCCCCCC. The van der Waals surface area contributed by atoms with Gasteiger partial charge in [0.1, 0.15) is 13.2 Å². The molecule has 0 bridgehead atoms. The summed E-state index contributed by atoms with van der Waals surface area (Å²) in [5.41, 5.74) is 0. The van der Waals surface area contributed by atoms with Gasteiger partial charge >= 0.3 is 17.9 Å². The maximum atomic E-state index is 12.8. The number of carbonyl (C=O) groups excluding carboxylic acids is 3. The van der Waals surface area contributed by atoms with Crippen molar-refractivity contribution in [3.8, 4) is 0 Å². The molecule has 0 aromatic heterocycles. The van der Waals surface area contributed by atoms with Gasteiger partial charge in [-0.15, -0.1) is 0 Å². The molecule has 6 heteroatoms. The highest BCUT2D eigenvalue weighted by molar-refractivity contribution is 5.71. The topological polar surface area (TPSA) is 78.9 Å². The van der Waals surface area contributed by atoms with Crippen LogP contribution in [0, 0.1) is 0 Å². The summed E-state index contributed by atoms with van der Waals surface area (Å²) < 4.78 is 16.9. The van der Waals surface area contributed by atoms with E-state index in [0.717, 1.165) is 83.5 Å². The van der Waals surface area contributed by atoms with Gasteiger partial charge in [-0.25, -0.2) is 0 Å². The van der Waals surface area contributed by atoms with E-state index >= 15 is 0 Å². The smallest absolute Gasteiger partial charge is 0.306 e. The van der Waals surface area contributed by atoms with Gasteiger partial charge in [0, 0.05) is 19.3 Å². The van der Waals surface area contributed by atoms with E-state index in [2.05, 4.69) is 69.4 Å². The molecule has 0 saturated carbocycles. The Labute approximate surface area is 409 Å².